The maximum atomic E-state index is 12.7. The second-order valence-electron chi connectivity index (χ2n) is 16.6. The van der Waals surface area contributed by atoms with Crippen LogP contribution in [0.25, 0.3) is 0 Å². The topological polar surface area (TPSA) is 155 Å². The minimum absolute atomic E-state index is 0.00670. The van der Waals surface area contributed by atoms with Gasteiger partial charge in [-0.2, -0.15) is 0 Å². The third-order valence-corrected chi connectivity index (χ3v) is 11.5. The summed E-state index contributed by atoms with van der Waals surface area (Å²) in [6, 6.07) is -1.48. The van der Waals surface area contributed by atoms with Crippen molar-refractivity contribution in [2.24, 2.45) is 5.73 Å². The van der Waals surface area contributed by atoms with Gasteiger partial charge in [0.1, 0.15) is 12.1 Å². The molecule has 3 atom stereocenters. The number of allylic oxidation sites excluding steroid dienone is 10. The molecule has 0 aliphatic carbocycles. The highest BCUT2D eigenvalue weighted by molar-refractivity contribution is 7.47. The fourth-order valence-corrected chi connectivity index (χ4v) is 7.53. The highest BCUT2D eigenvalue weighted by atomic mass is 31.2. The number of carbonyl (C=O) groups excluding carboxylic acids is 1. The van der Waals surface area contributed by atoms with E-state index in [4.69, 9.17) is 29.4 Å². The zero-order chi connectivity index (χ0) is 45.5. The minimum atomic E-state index is -4.63. The number of aliphatic carboxylic acids is 1. The van der Waals surface area contributed by atoms with E-state index in [-0.39, 0.29) is 13.0 Å². The second kappa shape index (κ2) is 46.7. The SMILES string of the molecule is CC/C=C\C/C=C\C/C=C\C/C=C\C/C=C\CCCCCCCCOCC(COP(=O)(O)OCC(N)C(=O)O)OC(=O)CCCCCCCCCCCCCCCCCCCC. The number of carbonyl (C=O) groups is 2. The monoisotopic (exact) mass is 894 g/mol. The van der Waals surface area contributed by atoms with E-state index >= 15 is 0 Å². The standard InChI is InChI=1S/C51H92NO9P/c1-3-5-7-9-11-13-15-17-19-21-23-24-25-26-28-30-32-34-36-38-40-42-44-58-45-48(46-59-62(56,57)60-47-49(52)51(54)55)61-50(53)43-41-39-37-35-33-31-29-27-22-20-18-16-14-12-10-8-6-4-2/h5,7,11,13,17,19,23-24,26,28,48-49H,3-4,6,8-10,12,14-16,18,20-22,25,27,29-47,52H2,1-2H3,(H,54,55)(H,56,57)/b7-5-,13-11-,19-17-,24-23-,28-26-. The Labute approximate surface area is 379 Å². The number of rotatable bonds is 47. The normalized spacial score (nSPS) is 14.3. The first-order chi connectivity index (χ1) is 30.2. The predicted molar refractivity (Wildman–Crippen MR) is 258 cm³/mol. The van der Waals surface area contributed by atoms with Crippen molar-refractivity contribution in [3.8, 4) is 0 Å². The first-order valence-corrected chi connectivity index (χ1v) is 26.3. The molecular weight excluding hydrogens is 802 g/mol. The molecule has 0 aliphatic heterocycles. The van der Waals surface area contributed by atoms with Crippen LogP contribution in [0.3, 0.4) is 0 Å². The van der Waals surface area contributed by atoms with E-state index in [0.717, 1.165) is 77.0 Å². The van der Waals surface area contributed by atoms with E-state index < -0.39 is 45.1 Å². The molecule has 0 aromatic carbocycles. The van der Waals surface area contributed by atoms with Crippen LogP contribution in [0.2, 0.25) is 0 Å². The molecule has 0 aromatic heterocycles. The van der Waals surface area contributed by atoms with Crippen molar-refractivity contribution >= 4 is 19.8 Å². The third-order valence-electron chi connectivity index (χ3n) is 10.6. The Bertz CT molecular complexity index is 1220. The molecule has 0 saturated heterocycles. The van der Waals surface area contributed by atoms with Crippen molar-refractivity contribution in [1.29, 1.82) is 0 Å². The quantitative estimate of drug-likeness (QED) is 0.0233. The molecule has 11 heteroatoms. The summed E-state index contributed by atoms with van der Waals surface area (Å²) in [7, 11) is -4.63. The molecule has 0 heterocycles. The lowest BCUT2D eigenvalue weighted by molar-refractivity contribution is -0.154. The van der Waals surface area contributed by atoms with Crippen LogP contribution < -0.4 is 5.73 Å². The van der Waals surface area contributed by atoms with Crippen LogP contribution in [0.4, 0.5) is 0 Å². The van der Waals surface area contributed by atoms with Crippen LogP contribution in [-0.4, -0.2) is 60.5 Å². The molecule has 360 valence electrons. The average molecular weight is 894 g/mol. The van der Waals surface area contributed by atoms with E-state index in [0.29, 0.717) is 13.0 Å². The molecular formula is C51H92NO9P. The summed E-state index contributed by atoms with van der Waals surface area (Å²) in [5.41, 5.74) is 5.37. The second-order valence-corrected chi connectivity index (χ2v) is 18.0. The van der Waals surface area contributed by atoms with E-state index in [9.17, 15) is 19.0 Å². The van der Waals surface area contributed by atoms with Crippen molar-refractivity contribution in [2.75, 3.05) is 26.4 Å². The largest absolute Gasteiger partial charge is 0.480 e. The molecule has 0 spiro atoms. The van der Waals surface area contributed by atoms with E-state index in [1.807, 2.05) is 0 Å². The molecule has 0 aliphatic rings. The minimum Gasteiger partial charge on any atom is -0.480 e. The summed E-state index contributed by atoms with van der Waals surface area (Å²) < 4.78 is 33.5. The van der Waals surface area contributed by atoms with Gasteiger partial charge in [-0.05, 0) is 57.8 Å². The molecule has 0 rings (SSSR count). The maximum absolute atomic E-state index is 12.7. The van der Waals surface area contributed by atoms with Gasteiger partial charge in [-0.15, -0.1) is 0 Å². The number of ether oxygens (including phenoxy) is 2. The molecule has 0 aromatic rings. The van der Waals surface area contributed by atoms with Crippen molar-refractivity contribution in [3.05, 3.63) is 60.8 Å². The van der Waals surface area contributed by atoms with Gasteiger partial charge < -0.3 is 25.2 Å². The average Bonchev–Trinajstić information content (AvgIpc) is 3.25. The van der Waals surface area contributed by atoms with Crippen LogP contribution in [-0.2, 0) is 32.7 Å². The number of unbranched alkanes of at least 4 members (excludes halogenated alkanes) is 23. The van der Waals surface area contributed by atoms with Crippen molar-refractivity contribution in [2.45, 2.75) is 225 Å². The first-order valence-electron chi connectivity index (χ1n) is 24.8. The number of hydrogen-bond acceptors (Lipinski definition) is 8. The molecule has 3 unspecified atom stereocenters. The maximum Gasteiger partial charge on any atom is 0.472 e. The Kier molecular flexibility index (Phi) is 44.9. The van der Waals surface area contributed by atoms with Crippen LogP contribution in [0.1, 0.15) is 213 Å². The zero-order valence-electron chi connectivity index (χ0n) is 39.5. The molecule has 62 heavy (non-hydrogen) atoms. The lowest BCUT2D eigenvalue weighted by Gasteiger charge is -2.20. The van der Waals surface area contributed by atoms with Crippen LogP contribution >= 0.6 is 7.82 Å². The van der Waals surface area contributed by atoms with Crippen LogP contribution in [0, 0.1) is 0 Å². The summed E-state index contributed by atoms with van der Waals surface area (Å²) in [6.07, 6.45) is 57.0. The predicted octanol–water partition coefficient (Wildman–Crippen LogP) is 14.4. The van der Waals surface area contributed by atoms with Gasteiger partial charge >= 0.3 is 19.8 Å². The summed E-state index contributed by atoms with van der Waals surface area (Å²) in [4.78, 5) is 33.7. The number of phosphoric acid groups is 1. The first kappa shape index (κ1) is 59.7. The molecule has 0 bridgehead atoms. The number of phosphoric ester groups is 1. The molecule has 10 nitrogen and oxygen atoms in total. The Morgan fingerprint density at radius 3 is 1.40 bits per heavy atom. The van der Waals surface area contributed by atoms with Gasteiger partial charge in [-0.3, -0.25) is 18.6 Å². The highest BCUT2D eigenvalue weighted by Crippen LogP contribution is 2.43. The summed E-state index contributed by atoms with van der Waals surface area (Å²) in [6.45, 7) is 3.76. The Balaban J connectivity index is 4.19. The Hall–Kier alpha value is -2.33. The van der Waals surface area contributed by atoms with Gasteiger partial charge in [0.05, 0.1) is 19.8 Å². The number of esters is 1. The fraction of sp³-hybridized carbons (Fsp3) is 0.765. The molecule has 0 amide bonds. The lowest BCUT2D eigenvalue weighted by atomic mass is 10.0. The van der Waals surface area contributed by atoms with Gasteiger partial charge in [0.25, 0.3) is 0 Å². The molecule has 0 fully saturated rings. The molecule has 0 radical (unpaired) electrons. The number of carboxylic acids is 1. The van der Waals surface area contributed by atoms with Gasteiger partial charge in [0.2, 0.25) is 0 Å². The summed E-state index contributed by atoms with van der Waals surface area (Å²) in [5.74, 6) is -1.78. The van der Waals surface area contributed by atoms with E-state index in [1.165, 1.54) is 109 Å². The van der Waals surface area contributed by atoms with Crippen LogP contribution in [0.15, 0.2) is 60.8 Å². The fourth-order valence-electron chi connectivity index (χ4n) is 6.75. The number of carboxylic acid groups (broad SMARTS) is 1. The van der Waals surface area contributed by atoms with Gasteiger partial charge in [0.15, 0.2) is 0 Å². The van der Waals surface area contributed by atoms with Gasteiger partial charge in [-0.1, -0.05) is 209 Å². The molecule has 4 N–H and O–H groups in total. The van der Waals surface area contributed by atoms with E-state index in [1.54, 1.807) is 0 Å². The Morgan fingerprint density at radius 2 is 0.935 bits per heavy atom. The lowest BCUT2D eigenvalue weighted by Crippen LogP contribution is -2.34. The third kappa shape index (κ3) is 45.7. The van der Waals surface area contributed by atoms with Crippen molar-refractivity contribution < 1.29 is 42.7 Å². The van der Waals surface area contributed by atoms with Crippen molar-refractivity contribution in [1.82, 2.24) is 0 Å². The summed E-state index contributed by atoms with van der Waals surface area (Å²) >= 11 is 0. The van der Waals surface area contributed by atoms with Crippen LogP contribution in [0.5, 0.6) is 0 Å². The number of hydrogen-bond donors (Lipinski definition) is 3. The van der Waals surface area contributed by atoms with Gasteiger partial charge in [-0.25, -0.2) is 4.57 Å². The smallest absolute Gasteiger partial charge is 0.472 e. The van der Waals surface area contributed by atoms with Crippen molar-refractivity contribution in [3.63, 3.8) is 0 Å². The molecule has 0 saturated carbocycles. The summed E-state index contributed by atoms with van der Waals surface area (Å²) in [5, 5.41) is 8.92. The zero-order valence-corrected chi connectivity index (χ0v) is 40.3. The highest BCUT2D eigenvalue weighted by Gasteiger charge is 2.27. The van der Waals surface area contributed by atoms with E-state index in [2.05, 4.69) is 74.6 Å². The van der Waals surface area contributed by atoms with Gasteiger partial charge in [0, 0.05) is 13.0 Å². The Morgan fingerprint density at radius 1 is 0.532 bits per heavy atom. The number of nitrogens with two attached hydrogens (primary N) is 1.